The minimum atomic E-state index is -0.770. The van der Waals surface area contributed by atoms with Crippen LogP contribution in [0.1, 0.15) is 17.5 Å². The number of thioether (sulfide) groups is 1. The van der Waals surface area contributed by atoms with Gasteiger partial charge in [-0.3, -0.25) is 9.59 Å². The summed E-state index contributed by atoms with van der Waals surface area (Å²) in [5, 5.41) is -0.148. The van der Waals surface area contributed by atoms with E-state index in [1.807, 2.05) is 49.5 Å². The first-order chi connectivity index (χ1) is 12.0. The number of carbonyl (C=O) groups excluding carboxylic acids is 2. The standard InChI is InChI=1S/C21H19NO2S/c1-14-6-5-7-16(12-14)25-19-13-15(23)10-11-21(19)17-8-3-4-9-18(17)22(2)20(21)24/h3-12,19H,13H2,1-2H3. The molecular weight excluding hydrogens is 330 g/mol. The summed E-state index contributed by atoms with van der Waals surface area (Å²) in [5.41, 5.74) is 2.33. The number of benzene rings is 2. The molecule has 1 aliphatic carbocycles. The van der Waals surface area contributed by atoms with Crippen LogP contribution in [0.5, 0.6) is 0 Å². The lowest BCUT2D eigenvalue weighted by Crippen LogP contribution is -2.47. The number of para-hydroxylation sites is 1. The van der Waals surface area contributed by atoms with E-state index < -0.39 is 5.41 Å². The summed E-state index contributed by atoms with van der Waals surface area (Å²) in [6.45, 7) is 2.05. The highest BCUT2D eigenvalue weighted by atomic mass is 32.2. The number of likely N-dealkylation sites (N-methyl/N-ethyl adjacent to an activating group) is 1. The van der Waals surface area contributed by atoms with Crippen molar-refractivity contribution in [1.82, 2.24) is 0 Å². The summed E-state index contributed by atoms with van der Waals surface area (Å²) >= 11 is 1.63. The largest absolute Gasteiger partial charge is 0.314 e. The van der Waals surface area contributed by atoms with E-state index in [1.54, 1.807) is 22.7 Å². The zero-order valence-corrected chi connectivity index (χ0v) is 15.0. The Bertz CT molecular complexity index is 904. The predicted molar refractivity (Wildman–Crippen MR) is 101 cm³/mol. The number of rotatable bonds is 2. The van der Waals surface area contributed by atoms with Gasteiger partial charge < -0.3 is 4.90 Å². The summed E-state index contributed by atoms with van der Waals surface area (Å²) in [7, 11) is 1.81. The van der Waals surface area contributed by atoms with E-state index in [0.717, 1.165) is 16.1 Å². The molecule has 0 N–H and O–H groups in total. The summed E-state index contributed by atoms with van der Waals surface area (Å²) in [4.78, 5) is 28.2. The summed E-state index contributed by atoms with van der Waals surface area (Å²) in [6, 6.07) is 16.1. The molecule has 2 aromatic rings. The van der Waals surface area contributed by atoms with E-state index in [-0.39, 0.29) is 16.9 Å². The molecule has 2 aliphatic rings. The maximum Gasteiger partial charge on any atom is 0.242 e. The molecular formula is C21H19NO2S. The second kappa shape index (κ2) is 5.88. The van der Waals surface area contributed by atoms with Gasteiger partial charge in [0.15, 0.2) is 5.78 Å². The zero-order valence-electron chi connectivity index (χ0n) is 14.2. The molecule has 25 heavy (non-hydrogen) atoms. The van der Waals surface area contributed by atoms with Crippen molar-refractivity contribution in [2.24, 2.45) is 0 Å². The molecule has 0 bridgehead atoms. The molecule has 1 aliphatic heterocycles. The number of amides is 1. The number of carbonyl (C=O) groups is 2. The molecule has 2 atom stereocenters. The van der Waals surface area contributed by atoms with E-state index in [9.17, 15) is 9.59 Å². The highest BCUT2D eigenvalue weighted by molar-refractivity contribution is 8.00. The molecule has 2 unspecified atom stereocenters. The van der Waals surface area contributed by atoms with Gasteiger partial charge in [-0.2, -0.15) is 0 Å². The lowest BCUT2D eigenvalue weighted by atomic mass is 9.73. The van der Waals surface area contributed by atoms with Crippen LogP contribution < -0.4 is 4.90 Å². The minimum absolute atomic E-state index is 0.0441. The summed E-state index contributed by atoms with van der Waals surface area (Å²) < 4.78 is 0. The van der Waals surface area contributed by atoms with Crippen molar-refractivity contribution in [3.05, 3.63) is 71.8 Å². The van der Waals surface area contributed by atoms with Crippen LogP contribution >= 0.6 is 11.8 Å². The third kappa shape index (κ3) is 2.44. The fourth-order valence-electron chi connectivity index (χ4n) is 3.82. The van der Waals surface area contributed by atoms with Gasteiger partial charge in [0, 0.05) is 29.3 Å². The van der Waals surface area contributed by atoms with Gasteiger partial charge in [0.2, 0.25) is 5.91 Å². The molecule has 1 spiro atoms. The Morgan fingerprint density at radius 2 is 1.92 bits per heavy atom. The fourth-order valence-corrected chi connectivity index (χ4v) is 5.30. The number of allylic oxidation sites excluding steroid dienone is 1. The number of fused-ring (bicyclic) bond motifs is 2. The maximum atomic E-state index is 13.3. The zero-order chi connectivity index (χ0) is 17.6. The normalized spacial score (nSPS) is 24.9. The second-order valence-electron chi connectivity index (χ2n) is 6.68. The SMILES string of the molecule is Cc1cccc(SC2CC(=O)C=CC23C(=O)N(C)c2ccccc23)c1. The first-order valence-corrected chi connectivity index (χ1v) is 9.23. The average molecular weight is 349 g/mol. The van der Waals surface area contributed by atoms with Crippen molar-refractivity contribution in [1.29, 1.82) is 0 Å². The van der Waals surface area contributed by atoms with Gasteiger partial charge in [0.25, 0.3) is 0 Å². The van der Waals surface area contributed by atoms with Crippen molar-refractivity contribution >= 4 is 29.1 Å². The molecule has 1 amide bonds. The molecule has 4 heteroatoms. The highest BCUT2D eigenvalue weighted by Crippen LogP contribution is 2.51. The van der Waals surface area contributed by atoms with Crippen LogP contribution in [-0.4, -0.2) is 24.0 Å². The summed E-state index contributed by atoms with van der Waals surface area (Å²) in [5.74, 6) is 0.123. The van der Waals surface area contributed by atoms with Crippen LogP contribution in [0.3, 0.4) is 0 Å². The smallest absolute Gasteiger partial charge is 0.242 e. The molecule has 0 fully saturated rings. The number of ketones is 1. The Morgan fingerprint density at radius 1 is 1.12 bits per heavy atom. The Balaban J connectivity index is 1.84. The van der Waals surface area contributed by atoms with Gasteiger partial charge in [0.1, 0.15) is 5.41 Å². The topological polar surface area (TPSA) is 37.4 Å². The van der Waals surface area contributed by atoms with Crippen LogP contribution in [0.4, 0.5) is 5.69 Å². The second-order valence-corrected chi connectivity index (χ2v) is 7.95. The molecule has 0 saturated carbocycles. The first kappa shape index (κ1) is 16.2. The number of hydrogen-bond acceptors (Lipinski definition) is 3. The Hall–Kier alpha value is -2.33. The number of anilines is 1. The molecule has 2 aromatic carbocycles. The van der Waals surface area contributed by atoms with Crippen LogP contribution in [0, 0.1) is 6.92 Å². The molecule has 4 rings (SSSR count). The van der Waals surface area contributed by atoms with Crippen LogP contribution in [0.15, 0.2) is 65.6 Å². The quantitative estimate of drug-likeness (QED) is 0.825. The fraction of sp³-hybridized carbons (Fsp3) is 0.238. The Labute approximate surface area is 151 Å². The minimum Gasteiger partial charge on any atom is -0.314 e. The van der Waals surface area contributed by atoms with Gasteiger partial charge in [-0.1, -0.05) is 42.0 Å². The van der Waals surface area contributed by atoms with Crippen molar-refractivity contribution in [3.8, 4) is 0 Å². The van der Waals surface area contributed by atoms with Gasteiger partial charge in [-0.25, -0.2) is 0 Å². The van der Waals surface area contributed by atoms with Crippen molar-refractivity contribution < 1.29 is 9.59 Å². The average Bonchev–Trinajstić information content (AvgIpc) is 2.81. The molecule has 0 aromatic heterocycles. The van der Waals surface area contributed by atoms with E-state index in [0.29, 0.717) is 6.42 Å². The third-order valence-corrected chi connectivity index (χ3v) is 6.41. The molecule has 126 valence electrons. The van der Waals surface area contributed by atoms with Gasteiger partial charge in [-0.05, 0) is 36.8 Å². The third-order valence-electron chi connectivity index (χ3n) is 5.06. The molecule has 0 radical (unpaired) electrons. The monoisotopic (exact) mass is 349 g/mol. The van der Waals surface area contributed by atoms with Gasteiger partial charge in [0.05, 0.1) is 0 Å². The van der Waals surface area contributed by atoms with Crippen molar-refractivity contribution in [3.63, 3.8) is 0 Å². The predicted octanol–water partition coefficient (Wildman–Crippen LogP) is 3.90. The number of hydrogen-bond donors (Lipinski definition) is 0. The number of aryl methyl sites for hydroxylation is 1. The Morgan fingerprint density at radius 3 is 2.72 bits per heavy atom. The summed E-state index contributed by atoms with van der Waals surface area (Å²) in [6.07, 6.45) is 3.78. The van der Waals surface area contributed by atoms with E-state index in [1.165, 1.54) is 5.56 Å². The molecule has 0 saturated heterocycles. The van der Waals surface area contributed by atoms with E-state index in [4.69, 9.17) is 0 Å². The lowest BCUT2D eigenvalue weighted by Gasteiger charge is -2.35. The van der Waals surface area contributed by atoms with Crippen molar-refractivity contribution in [2.45, 2.75) is 28.9 Å². The number of nitrogens with zero attached hydrogens (tertiary/aromatic N) is 1. The van der Waals surface area contributed by atoms with Gasteiger partial charge >= 0.3 is 0 Å². The maximum absolute atomic E-state index is 13.3. The highest BCUT2D eigenvalue weighted by Gasteiger charge is 2.55. The molecule has 3 nitrogen and oxygen atoms in total. The lowest BCUT2D eigenvalue weighted by molar-refractivity contribution is -0.122. The van der Waals surface area contributed by atoms with Crippen molar-refractivity contribution in [2.75, 3.05) is 11.9 Å². The van der Waals surface area contributed by atoms with Crippen LogP contribution in [-0.2, 0) is 15.0 Å². The molecule has 1 heterocycles. The Kier molecular flexibility index (Phi) is 3.80. The van der Waals surface area contributed by atoms with Crippen LogP contribution in [0.25, 0.3) is 0 Å². The van der Waals surface area contributed by atoms with Gasteiger partial charge in [-0.15, -0.1) is 11.8 Å². The van der Waals surface area contributed by atoms with E-state index >= 15 is 0 Å². The van der Waals surface area contributed by atoms with E-state index in [2.05, 4.69) is 19.1 Å². The first-order valence-electron chi connectivity index (χ1n) is 8.35. The van der Waals surface area contributed by atoms with Crippen LogP contribution in [0.2, 0.25) is 0 Å².